The van der Waals surface area contributed by atoms with Crippen LogP contribution in [0, 0.1) is 24.2 Å². The number of pyridine rings is 1. The molecule has 78 valence electrons. The van der Waals surface area contributed by atoms with E-state index < -0.39 is 0 Å². The van der Waals surface area contributed by atoms with Crippen LogP contribution in [0.15, 0.2) is 12.3 Å². The van der Waals surface area contributed by atoms with Crippen LogP contribution in [-0.2, 0) is 0 Å². The van der Waals surface area contributed by atoms with Gasteiger partial charge >= 0.3 is 0 Å². The van der Waals surface area contributed by atoms with Gasteiger partial charge in [0.15, 0.2) is 0 Å². The molecule has 0 aromatic carbocycles. The van der Waals surface area contributed by atoms with Crippen LogP contribution < -0.4 is 5.32 Å². The fraction of sp³-hybridized carbons (Fsp3) is 0.500. The maximum Gasteiger partial charge on any atom is 0.144 e. The Hall–Kier alpha value is -1.56. The van der Waals surface area contributed by atoms with Gasteiger partial charge in [-0.15, -0.1) is 0 Å². The molecule has 3 heteroatoms. The van der Waals surface area contributed by atoms with E-state index >= 15 is 0 Å². The lowest BCUT2D eigenvalue weighted by atomic mass is 10.1. The lowest BCUT2D eigenvalue weighted by Crippen LogP contribution is -2.08. The SMILES string of the molecule is CCC1CC1Nc1nccc(C)c1C#N. The third kappa shape index (κ3) is 1.94. The maximum absolute atomic E-state index is 9.03. The molecule has 0 saturated heterocycles. The first-order valence-corrected chi connectivity index (χ1v) is 5.38. The first-order chi connectivity index (χ1) is 7.26. The van der Waals surface area contributed by atoms with Gasteiger partial charge in [-0.25, -0.2) is 4.98 Å². The Morgan fingerprint density at radius 3 is 3.07 bits per heavy atom. The molecule has 1 N–H and O–H groups in total. The van der Waals surface area contributed by atoms with Gasteiger partial charge in [0.2, 0.25) is 0 Å². The molecule has 0 spiro atoms. The Bertz CT molecular complexity index is 406. The number of nitriles is 1. The average molecular weight is 201 g/mol. The van der Waals surface area contributed by atoms with Crippen LogP contribution in [0.5, 0.6) is 0 Å². The summed E-state index contributed by atoms with van der Waals surface area (Å²) in [6.45, 7) is 4.14. The predicted molar refractivity (Wildman–Crippen MR) is 59.5 cm³/mol. The van der Waals surface area contributed by atoms with Gasteiger partial charge in [0.1, 0.15) is 11.9 Å². The third-order valence-corrected chi connectivity index (χ3v) is 3.04. The largest absolute Gasteiger partial charge is 0.366 e. The zero-order chi connectivity index (χ0) is 10.8. The molecule has 1 heterocycles. The lowest BCUT2D eigenvalue weighted by molar-refractivity contribution is 0.773. The fourth-order valence-corrected chi connectivity index (χ4v) is 1.86. The van der Waals surface area contributed by atoms with Crippen molar-refractivity contribution >= 4 is 5.82 Å². The molecule has 0 radical (unpaired) electrons. The van der Waals surface area contributed by atoms with Crippen molar-refractivity contribution in [2.24, 2.45) is 5.92 Å². The molecule has 1 aliphatic rings. The van der Waals surface area contributed by atoms with Crippen molar-refractivity contribution in [3.63, 3.8) is 0 Å². The number of aromatic nitrogens is 1. The highest BCUT2D eigenvalue weighted by atomic mass is 15.0. The minimum atomic E-state index is 0.524. The maximum atomic E-state index is 9.03. The van der Waals surface area contributed by atoms with Gasteiger partial charge in [-0.3, -0.25) is 0 Å². The molecule has 1 fully saturated rings. The minimum Gasteiger partial charge on any atom is -0.366 e. The second kappa shape index (κ2) is 3.90. The molecular weight excluding hydrogens is 186 g/mol. The van der Waals surface area contributed by atoms with Gasteiger partial charge < -0.3 is 5.32 Å². The number of hydrogen-bond donors (Lipinski definition) is 1. The standard InChI is InChI=1S/C12H15N3/c1-3-9-6-11(9)15-12-10(7-13)8(2)4-5-14-12/h4-5,9,11H,3,6H2,1-2H3,(H,14,15). The van der Waals surface area contributed by atoms with E-state index in [1.165, 1.54) is 12.8 Å². The zero-order valence-corrected chi connectivity index (χ0v) is 9.12. The van der Waals surface area contributed by atoms with Gasteiger partial charge in [-0.05, 0) is 30.9 Å². The van der Waals surface area contributed by atoms with Crippen molar-refractivity contribution in [3.8, 4) is 6.07 Å². The molecule has 1 aromatic rings. The van der Waals surface area contributed by atoms with E-state index in [4.69, 9.17) is 5.26 Å². The summed E-state index contributed by atoms with van der Waals surface area (Å²) in [6.07, 6.45) is 4.16. The van der Waals surface area contributed by atoms with Crippen molar-refractivity contribution in [1.82, 2.24) is 4.98 Å². The molecule has 2 atom stereocenters. The summed E-state index contributed by atoms with van der Waals surface area (Å²) >= 11 is 0. The highest BCUT2D eigenvalue weighted by Gasteiger charge is 2.35. The van der Waals surface area contributed by atoms with E-state index in [1.54, 1.807) is 6.20 Å². The van der Waals surface area contributed by atoms with E-state index in [0.717, 1.165) is 17.3 Å². The predicted octanol–water partition coefficient (Wildman–Crippen LogP) is 2.47. The van der Waals surface area contributed by atoms with Gasteiger partial charge in [0.05, 0.1) is 5.56 Å². The Morgan fingerprint density at radius 1 is 1.67 bits per heavy atom. The monoisotopic (exact) mass is 201 g/mol. The van der Waals surface area contributed by atoms with Crippen molar-refractivity contribution in [3.05, 3.63) is 23.4 Å². The van der Waals surface area contributed by atoms with Gasteiger partial charge in [0.25, 0.3) is 0 Å². The van der Waals surface area contributed by atoms with Crippen LogP contribution in [0.3, 0.4) is 0 Å². The Balaban J connectivity index is 2.15. The Labute approximate surface area is 90.1 Å². The first kappa shape index (κ1) is 9.97. The van der Waals surface area contributed by atoms with Crippen molar-refractivity contribution in [1.29, 1.82) is 5.26 Å². The summed E-state index contributed by atoms with van der Waals surface area (Å²) in [5.41, 5.74) is 1.67. The van der Waals surface area contributed by atoms with E-state index in [0.29, 0.717) is 11.6 Å². The van der Waals surface area contributed by atoms with Crippen LogP contribution in [0.2, 0.25) is 0 Å². The summed E-state index contributed by atoms with van der Waals surface area (Å²) in [7, 11) is 0. The molecule has 2 unspecified atom stereocenters. The van der Waals surface area contributed by atoms with Crippen LogP contribution in [-0.4, -0.2) is 11.0 Å². The van der Waals surface area contributed by atoms with E-state index in [-0.39, 0.29) is 0 Å². The zero-order valence-electron chi connectivity index (χ0n) is 9.12. The number of nitrogens with one attached hydrogen (secondary N) is 1. The third-order valence-electron chi connectivity index (χ3n) is 3.04. The molecule has 0 bridgehead atoms. The average Bonchev–Trinajstić information content (AvgIpc) is 2.97. The number of hydrogen-bond acceptors (Lipinski definition) is 3. The summed E-state index contributed by atoms with van der Waals surface area (Å²) in [4.78, 5) is 4.23. The lowest BCUT2D eigenvalue weighted by Gasteiger charge is -2.07. The summed E-state index contributed by atoms with van der Waals surface area (Å²) < 4.78 is 0. The second-order valence-electron chi connectivity index (χ2n) is 4.12. The van der Waals surface area contributed by atoms with Crippen LogP contribution in [0.25, 0.3) is 0 Å². The molecule has 1 aromatic heterocycles. The Morgan fingerprint density at radius 2 is 2.47 bits per heavy atom. The molecule has 1 aliphatic carbocycles. The van der Waals surface area contributed by atoms with Gasteiger partial charge in [0, 0.05) is 12.2 Å². The highest BCUT2D eigenvalue weighted by Crippen LogP contribution is 2.36. The topological polar surface area (TPSA) is 48.7 Å². The summed E-state index contributed by atoms with van der Waals surface area (Å²) in [6, 6.07) is 4.60. The molecule has 15 heavy (non-hydrogen) atoms. The molecule has 3 nitrogen and oxygen atoms in total. The molecular formula is C12H15N3. The number of rotatable bonds is 3. The minimum absolute atomic E-state index is 0.524. The Kier molecular flexibility index (Phi) is 2.59. The molecule has 1 saturated carbocycles. The quantitative estimate of drug-likeness (QED) is 0.817. The van der Waals surface area contributed by atoms with E-state index in [9.17, 15) is 0 Å². The van der Waals surface area contributed by atoms with Crippen molar-refractivity contribution < 1.29 is 0 Å². The van der Waals surface area contributed by atoms with Crippen LogP contribution in [0.4, 0.5) is 5.82 Å². The van der Waals surface area contributed by atoms with Crippen LogP contribution in [0.1, 0.15) is 30.9 Å². The smallest absolute Gasteiger partial charge is 0.144 e. The fourth-order valence-electron chi connectivity index (χ4n) is 1.86. The van der Waals surface area contributed by atoms with E-state index in [2.05, 4.69) is 23.3 Å². The van der Waals surface area contributed by atoms with Crippen molar-refractivity contribution in [2.75, 3.05) is 5.32 Å². The molecule has 2 rings (SSSR count). The number of anilines is 1. The summed E-state index contributed by atoms with van der Waals surface area (Å²) in [5, 5.41) is 12.4. The van der Waals surface area contributed by atoms with Gasteiger partial charge in [-0.1, -0.05) is 13.3 Å². The van der Waals surface area contributed by atoms with E-state index in [1.807, 2.05) is 13.0 Å². The van der Waals surface area contributed by atoms with Crippen LogP contribution >= 0.6 is 0 Å². The highest BCUT2D eigenvalue weighted by molar-refractivity contribution is 5.56. The number of aryl methyl sites for hydroxylation is 1. The van der Waals surface area contributed by atoms with Crippen molar-refractivity contribution in [2.45, 2.75) is 32.7 Å². The van der Waals surface area contributed by atoms with Gasteiger partial charge in [-0.2, -0.15) is 5.26 Å². The number of nitrogens with zero attached hydrogens (tertiary/aromatic N) is 2. The summed E-state index contributed by atoms with van der Waals surface area (Å²) in [5.74, 6) is 1.51. The molecule has 0 aliphatic heterocycles. The second-order valence-corrected chi connectivity index (χ2v) is 4.12. The normalized spacial score (nSPS) is 23.3. The first-order valence-electron chi connectivity index (χ1n) is 5.38. The molecule has 0 amide bonds.